The van der Waals surface area contributed by atoms with E-state index in [1.807, 2.05) is 5.38 Å². The first kappa shape index (κ1) is 14.0. The molecule has 5 nitrogen and oxygen atoms in total. The number of carboxylic acids is 1. The number of hydrogen-bond donors (Lipinski definition) is 2. The van der Waals surface area contributed by atoms with Crippen LogP contribution in [0.25, 0.3) is 0 Å². The SMILES string of the molecule is O=C(CCc1nccs1)NC1CCC(C(=O)O)CC1. The van der Waals surface area contributed by atoms with Gasteiger partial charge in [-0.25, -0.2) is 4.98 Å². The van der Waals surface area contributed by atoms with Crippen molar-refractivity contribution in [2.24, 2.45) is 5.92 Å². The van der Waals surface area contributed by atoms with Crippen LogP contribution >= 0.6 is 11.3 Å². The molecule has 1 aliphatic carbocycles. The van der Waals surface area contributed by atoms with Gasteiger partial charge in [0.25, 0.3) is 0 Å². The Kier molecular flexibility index (Phi) is 4.90. The highest BCUT2D eigenvalue weighted by molar-refractivity contribution is 7.09. The Hall–Kier alpha value is -1.43. The third-order valence-corrected chi connectivity index (χ3v) is 4.33. The molecule has 1 heterocycles. The summed E-state index contributed by atoms with van der Waals surface area (Å²) in [5, 5.41) is 14.8. The lowest BCUT2D eigenvalue weighted by Gasteiger charge is -2.26. The van der Waals surface area contributed by atoms with Gasteiger partial charge in [0.2, 0.25) is 5.91 Å². The quantitative estimate of drug-likeness (QED) is 0.863. The Balaban J connectivity index is 1.67. The van der Waals surface area contributed by atoms with E-state index < -0.39 is 5.97 Å². The van der Waals surface area contributed by atoms with E-state index in [-0.39, 0.29) is 17.9 Å². The largest absolute Gasteiger partial charge is 0.481 e. The molecule has 2 rings (SSSR count). The van der Waals surface area contributed by atoms with Gasteiger partial charge >= 0.3 is 5.97 Å². The van der Waals surface area contributed by atoms with E-state index in [4.69, 9.17) is 5.11 Å². The third kappa shape index (κ3) is 4.31. The number of rotatable bonds is 5. The Labute approximate surface area is 116 Å². The summed E-state index contributed by atoms with van der Waals surface area (Å²) in [6, 6.07) is 0.138. The molecule has 0 spiro atoms. The van der Waals surface area contributed by atoms with Crippen molar-refractivity contribution in [2.45, 2.75) is 44.6 Å². The first-order chi connectivity index (χ1) is 9.15. The van der Waals surface area contributed by atoms with E-state index in [1.54, 1.807) is 17.5 Å². The van der Waals surface area contributed by atoms with E-state index in [0.717, 1.165) is 17.8 Å². The highest BCUT2D eigenvalue weighted by Crippen LogP contribution is 2.24. The molecule has 0 unspecified atom stereocenters. The topological polar surface area (TPSA) is 79.3 Å². The Bertz CT molecular complexity index is 425. The summed E-state index contributed by atoms with van der Waals surface area (Å²) in [5.74, 6) is -0.911. The summed E-state index contributed by atoms with van der Waals surface area (Å²) in [7, 11) is 0. The number of carbonyl (C=O) groups is 2. The molecule has 1 fully saturated rings. The number of thiazole rings is 1. The van der Waals surface area contributed by atoms with Gasteiger partial charge in [0.15, 0.2) is 0 Å². The second-order valence-corrected chi connectivity index (χ2v) is 5.86. The van der Waals surface area contributed by atoms with Crippen molar-refractivity contribution in [1.29, 1.82) is 0 Å². The second-order valence-electron chi connectivity index (χ2n) is 4.88. The van der Waals surface area contributed by atoms with Crippen molar-refractivity contribution in [3.8, 4) is 0 Å². The van der Waals surface area contributed by atoms with E-state index >= 15 is 0 Å². The lowest BCUT2D eigenvalue weighted by Crippen LogP contribution is -2.38. The average Bonchev–Trinajstić information content (AvgIpc) is 2.90. The second kappa shape index (κ2) is 6.65. The van der Waals surface area contributed by atoms with E-state index in [0.29, 0.717) is 25.7 Å². The van der Waals surface area contributed by atoms with Crippen LogP contribution in [0.3, 0.4) is 0 Å². The number of aromatic nitrogens is 1. The minimum Gasteiger partial charge on any atom is -0.481 e. The maximum absolute atomic E-state index is 11.8. The number of nitrogens with one attached hydrogen (secondary N) is 1. The zero-order chi connectivity index (χ0) is 13.7. The van der Waals surface area contributed by atoms with Crippen molar-refractivity contribution in [3.05, 3.63) is 16.6 Å². The van der Waals surface area contributed by atoms with Crippen molar-refractivity contribution in [1.82, 2.24) is 10.3 Å². The van der Waals surface area contributed by atoms with Gasteiger partial charge in [-0.3, -0.25) is 9.59 Å². The fourth-order valence-corrected chi connectivity index (χ4v) is 3.00. The zero-order valence-electron chi connectivity index (χ0n) is 10.7. The van der Waals surface area contributed by atoms with Crippen LogP contribution in [-0.2, 0) is 16.0 Å². The van der Waals surface area contributed by atoms with Crippen LogP contribution in [0.4, 0.5) is 0 Å². The van der Waals surface area contributed by atoms with Gasteiger partial charge in [-0.05, 0) is 25.7 Å². The molecule has 0 aliphatic heterocycles. The van der Waals surface area contributed by atoms with E-state index in [2.05, 4.69) is 10.3 Å². The fraction of sp³-hybridized carbons (Fsp3) is 0.615. The fourth-order valence-electron chi connectivity index (χ4n) is 2.38. The summed E-state index contributed by atoms with van der Waals surface area (Å²) in [4.78, 5) is 26.7. The first-order valence-corrected chi connectivity index (χ1v) is 7.43. The van der Waals surface area contributed by atoms with Crippen molar-refractivity contribution in [2.75, 3.05) is 0 Å². The van der Waals surface area contributed by atoms with Gasteiger partial charge in [-0.1, -0.05) is 0 Å². The molecule has 0 aromatic carbocycles. The van der Waals surface area contributed by atoms with E-state index in [9.17, 15) is 9.59 Å². The highest BCUT2D eigenvalue weighted by Gasteiger charge is 2.26. The third-order valence-electron chi connectivity index (χ3n) is 3.49. The minimum absolute atomic E-state index is 0.0361. The molecule has 1 saturated carbocycles. The predicted molar refractivity (Wildman–Crippen MR) is 72.0 cm³/mol. The van der Waals surface area contributed by atoms with E-state index in [1.165, 1.54) is 0 Å². The normalized spacial score (nSPS) is 22.9. The van der Waals surface area contributed by atoms with Gasteiger partial charge in [0, 0.05) is 30.5 Å². The molecule has 0 radical (unpaired) electrons. The summed E-state index contributed by atoms with van der Waals surface area (Å²) in [6.45, 7) is 0. The molecular formula is C13H18N2O3S. The molecule has 0 bridgehead atoms. The first-order valence-electron chi connectivity index (χ1n) is 6.55. The standard InChI is InChI=1S/C13H18N2O3S/c16-11(5-6-12-14-7-8-19-12)15-10-3-1-9(2-4-10)13(17)18/h7-10H,1-6H2,(H,15,16)(H,17,18). The van der Waals surface area contributed by atoms with Gasteiger partial charge < -0.3 is 10.4 Å². The molecule has 6 heteroatoms. The molecule has 0 saturated heterocycles. The smallest absolute Gasteiger partial charge is 0.306 e. The molecule has 1 aromatic rings. The summed E-state index contributed by atoms with van der Waals surface area (Å²) < 4.78 is 0. The van der Waals surface area contributed by atoms with Crippen molar-refractivity contribution < 1.29 is 14.7 Å². The molecule has 1 amide bonds. The Morgan fingerprint density at radius 1 is 1.37 bits per heavy atom. The van der Waals surface area contributed by atoms with Gasteiger partial charge in [-0.15, -0.1) is 11.3 Å². The summed E-state index contributed by atoms with van der Waals surface area (Å²) in [5.41, 5.74) is 0. The van der Waals surface area contributed by atoms with Crippen LogP contribution in [0, 0.1) is 5.92 Å². The lowest BCUT2D eigenvalue weighted by molar-refractivity contribution is -0.142. The van der Waals surface area contributed by atoms with Crippen LogP contribution in [0.15, 0.2) is 11.6 Å². The number of carbonyl (C=O) groups excluding carboxylic acids is 1. The van der Waals surface area contributed by atoms with Crippen LogP contribution < -0.4 is 5.32 Å². The molecule has 19 heavy (non-hydrogen) atoms. The van der Waals surface area contributed by atoms with Gasteiger partial charge in [0.1, 0.15) is 0 Å². The van der Waals surface area contributed by atoms with Crippen LogP contribution in [0.2, 0.25) is 0 Å². The summed E-state index contributed by atoms with van der Waals surface area (Å²) >= 11 is 1.56. The Morgan fingerprint density at radius 2 is 2.11 bits per heavy atom. The Morgan fingerprint density at radius 3 is 2.68 bits per heavy atom. The molecule has 1 aliphatic rings. The molecule has 1 aromatic heterocycles. The zero-order valence-corrected chi connectivity index (χ0v) is 11.5. The minimum atomic E-state index is -0.714. The average molecular weight is 282 g/mol. The number of amides is 1. The molecule has 0 atom stereocenters. The molecular weight excluding hydrogens is 264 g/mol. The summed E-state index contributed by atoms with van der Waals surface area (Å²) in [6.07, 6.45) is 5.71. The van der Waals surface area contributed by atoms with Crippen LogP contribution in [-0.4, -0.2) is 28.0 Å². The predicted octanol–water partition coefficient (Wildman–Crippen LogP) is 1.84. The maximum Gasteiger partial charge on any atom is 0.306 e. The monoisotopic (exact) mass is 282 g/mol. The number of aliphatic carboxylic acids is 1. The number of carboxylic acid groups (broad SMARTS) is 1. The van der Waals surface area contributed by atoms with Crippen molar-refractivity contribution in [3.63, 3.8) is 0 Å². The maximum atomic E-state index is 11.8. The van der Waals surface area contributed by atoms with Gasteiger partial charge in [-0.2, -0.15) is 0 Å². The lowest BCUT2D eigenvalue weighted by atomic mass is 9.86. The van der Waals surface area contributed by atoms with Crippen molar-refractivity contribution >= 4 is 23.2 Å². The number of hydrogen-bond acceptors (Lipinski definition) is 4. The number of aryl methyl sites for hydroxylation is 1. The van der Waals surface area contributed by atoms with Gasteiger partial charge in [0.05, 0.1) is 10.9 Å². The molecule has 2 N–H and O–H groups in total. The van der Waals surface area contributed by atoms with Crippen LogP contribution in [0.1, 0.15) is 37.1 Å². The molecule has 104 valence electrons. The highest BCUT2D eigenvalue weighted by atomic mass is 32.1. The van der Waals surface area contributed by atoms with Crippen LogP contribution in [0.5, 0.6) is 0 Å². The number of nitrogens with zero attached hydrogens (tertiary/aromatic N) is 1.